The summed E-state index contributed by atoms with van der Waals surface area (Å²) < 4.78 is 26.0. The van der Waals surface area contributed by atoms with Crippen molar-refractivity contribution in [3.8, 4) is 5.75 Å². The van der Waals surface area contributed by atoms with Gasteiger partial charge in [0.1, 0.15) is 22.9 Å². The monoisotopic (exact) mass is 362 g/mol. The lowest BCUT2D eigenvalue weighted by Crippen LogP contribution is -2.46. The van der Waals surface area contributed by atoms with Crippen LogP contribution in [-0.2, 0) is 20.7 Å². The summed E-state index contributed by atoms with van der Waals surface area (Å²) in [6, 6.07) is 2.83. The quantitative estimate of drug-likeness (QED) is 0.849. The molecule has 142 valence electrons. The molecule has 2 aliphatic rings. The van der Waals surface area contributed by atoms with E-state index in [9.17, 15) is 14.3 Å². The Labute approximate surface area is 154 Å². The number of allylic oxidation sites excluding steroid dienone is 1. The first kappa shape index (κ1) is 18.9. The van der Waals surface area contributed by atoms with Gasteiger partial charge >= 0.3 is 0 Å². The molecule has 1 aliphatic heterocycles. The molecule has 26 heavy (non-hydrogen) atoms. The van der Waals surface area contributed by atoms with Gasteiger partial charge in [0.05, 0.1) is 0 Å². The molecule has 0 amide bonds. The van der Waals surface area contributed by atoms with Gasteiger partial charge in [-0.05, 0) is 54.9 Å². The van der Waals surface area contributed by atoms with Crippen LogP contribution in [0.3, 0.4) is 0 Å². The molecule has 1 aromatic carbocycles. The number of aromatic hydroxyl groups is 1. The second-order valence-electron chi connectivity index (χ2n) is 7.74. The van der Waals surface area contributed by atoms with E-state index in [4.69, 9.17) is 9.47 Å². The van der Waals surface area contributed by atoms with Crippen LogP contribution in [0.4, 0.5) is 4.39 Å². The molecule has 1 N–H and O–H groups in total. The number of aryl methyl sites for hydroxylation is 1. The zero-order valence-electron chi connectivity index (χ0n) is 15.8. The van der Waals surface area contributed by atoms with E-state index in [-0.39, 0.29) is 41.9 Å². The van der Waals surface area contributed by atoms with Crippen LogP contribution in [0.5, 0.6) is 5.75 Å². The van der Waals surface area contributed by atoms with Crippen LogP contribution < -0.4 is 0 Å². The molecule has 1 heterocycles. The minimum absolute atomic E-state index is 0.0850. The summed E-state index contributed by atoms with van der Waals surface area (Å²) in [6.45, 7) is 7.92. The molecule has 0 spiro atoms. The molecular formula is C21H27FO4. The lowest BCUT2D eigenvalue weighted by Gasteiger charge is -2.40. The predicted octanol–water partition coefficient (Wildman–Crippen LogP) is 4.28. The van der Waals surface area contributed by atoms with E-state index in [1.807, 2.05) is 6.92 Å². The number of phenols is 1. The number of benzene rings is 1. The van der Waals surface area contributed by atoms with Crippen LogP contribution in [0.25, 0.3) is 0 Å². The molecule has 1 aromatic rings. The van der Waals surface area contributed by atoms with Crippen molar-refractivity contribution in [3.05, 3.63) is 40.9 Å². The van der Waals surface area contributed by atoms with E-state index >= 15 is 0 Å². The van der Waals surface area contributed by atoms with Crippen molar-refractivity contribution in [2.24, 2.45) is 17.8 Å². The van der Waals surface area contributed by atoms with Gasteiger partial charge in [0.25, 0.3) is 0 Å². The lowest BCUT2D eigenvalue weighted by molar-refractivity contribution is -0.125. The third-order valence-corrected chi connectivity index (χ3v) is 6.13. The molecule has 3 rings (SSSR count). The highest BCUT2D eigenvalue weighted by atomic mass is 19.1. The van der Waals surface area contributed by atoms with Gasteiger partial charge in [-0.15, -0.1) is 0 Å². The number of carbonyl (C=O) groups excluding carboxylic acids is 1. The van der Waals surface area contributed by atoms with Gasteiger partial charge in [-0.1, -0.05) is 27.2 Å². The zero-order chi connectivity index (χ0) is 19.1. The predicted molar refractivity (Wildman–Crippen MR) is 96.1 cm³/mol. The summed E-state index contributed by atoms with van der Waals surface area (Å²) in [6.07, 6.45) is 3.42. The molecule has 0 saturated carbocycles. The largest absolute Gasteiger partial charge is 0.508 e. The van der Waals surface area contributed by atoms with Gasteiger partial charge in [-0.25, -0.2) is 4.39 Å². The van der Waals surface area contributed by atoms with E-state index in [1.54, 1.807) is 13.0 Å². The molecule has 1 unspecified atom stereocenters. The lowest BCUT2D eigenvalue weighted by atomic mass is 9.69. The van der Waals surface area contributed by atoms with E-state index < -0.39 is 5.60 Å². The van der Waals surface area contributed by atoms with Crippen LogP contribution in [0, 0.1) is 30.5 Å². The number of rotatable bonds is 5. The summed E-state index contributed by atoms with van der Waals surface area (Å²) in [5.41, 5.74) is 0.245. The number of hydrogen-bond acceptors (Lipinski definition) is 4. The topological polar surface area (TPSA) is 55.8 Å². The van der Waals surface area contributed by atoms with Gasteiger partial charge in [0.2, 0.25) is 0 Å². The average molecular weight is 362 g/mol. The van der Waals surface area contributed by atoms with Crippen LogP contribution >= 0.6 is 0 Å². The molecule has 4 nitrogen and oxygen atoms in total. The molecule has 0 bridgehead atoms. The van der Waals surface area contributed by atoms with Crippen molar-refractivity contribution in [2.75, 3.05) is 6.79 Å². The SMILES string of the molecule is CCC(C)[C@H]1C[C@]2([C@@H](C)Cc3cc(O)c(C)cc3F)OCOC2=CC1=O. The number of ketones is 1. The van der Waals surface area contributed by atoms with E-state index in [0.29, 0.717) is 29.7 Å². The van der Waals surface area contributed by atoms with Gasteiger partial charge in [0.15, 0.2) is 12.6 Å². The Morgan fingerprint density at radius 2 is 2.12 bits per heavy atom. The maximum atomic E-state index is 14.4. The summed E-state index contributed by atoms with van der Waals surface area (Å²) in [4.78, 5) is 12.5. The normalized spacial score (nSPS) is 27.5. The van der Waals surface area contributed by atoms with Gasteiger partial charge in [-0.2, -0.15) is 0 Å². The third-order valence-electron chi connectivity index (χ3n) is 6.13. The van der Waals surface area contributed by atoms with Gasteiger partial charge in [-0.3, -0.25) is 4.79 Å². The van der Waals surface area contributed by atoms with Gasteiger partial charge < -0.3 is 14.6 Å². The van der Waals surface area contributed by atoms with Crippen molar-refractivity contribution >= 4 is 5.78 Å². The maximum absolute atomic E-state index is 14.4. The van der Waals surface area contributed by atoms with Gasteiger partial charge in [0, 0.05) is 12.0 Å². The maximum Gasteiger partial charge on any atom is 0.189 e. The molecule has 5 heteroatoms. The first-order chi connectivity index (χ1) is 12.3. The average Bonchev–Trinajstić information content (AvgIpc) is 3.02. The molecule has 4 atom stereocenters. The van der Waals surface area contributed by atoms with Crippen molar-refractivity contribution in [1.29, 1.82) is 0 Å². The smallest absolute Gasteiger partial charge is 0.189 e. The fraction of sp³-hybridized carbons (Fsp3) is 0.571. The Balaban J connectivity index is 1.91. The number of halogens is 1. The number of hydrogen-bond donors (Lipinski definition) is 1. The Morgan fingerprint density at radius 3 is 2.81 bits per heavy atom. The zero-order valence-corrected chi connectivity index (χ0v) is 15.8. The fourth-order valence-corrected chi connectivity index (χ4v) is 4.09. The second-order valence-corrected chi connectivity index (χ2v) is 7.74. The molecule has 0 radical (unpaired) electrons. The highest BCUT2D eigenvalue weighted by Gasteiger charge is 2.52. The molecular weight excluding hydrogens is 335 g/mol. The summed E-state index contributed by atoms with van der Waals surface area (Å²) in [7, 11) is 0. The van der Waals surface area contributed by atoms with Crippen molar-refractivity contribution in [1.82, 2.24) is 0 Å². The molecule has 0 aromatic heterocycles. The highest BCUT2D eigenvalue weighted by molar-refractivity contribution is 5.94. The van der Waals surface area contributed by atoms with Crippen LogP contribution in [0.15, 0.2) is 24.0 Å². The molecule has 1 saturated heterocycles. The fourth-order valence-electron chi connectivity index (χ4n) is 4.09. The number of phenolic OH excluding ortho intramolecular Hbond substituents is 1. The minimum atomic E-state index is -0.713. The van der Waals surface area contributed by atoms with E-state index in [1.165, 1.54) is 12.1 Å². The Morgan fingerprint density at radius 1 is 1.38 bits per heavy atom. The highest BCUT2D eigenvalue weighted by Crippen LogP contribution is 2.47. The third kappa shape index (κ3) is 3.13. The van der Waals surface area contributed by atoms with E-state index in [2.05, 4.69) is 13.8 Å². The summed E-state index contributed by atoms with van der Waals surface area (Å²) in [5, 5.41) is 9.94. The Bertz CT molecular complexity index is 742. The van der Waals surface area contributed by atoms with Crippen molar-refractivity contribution in [2.45, 2.75) is 52.6 Å². The van der Waals surface area contributed by atoms with Crippen molar-refractivity contribution in [3.63, 3.8) is 0 Å². The summed E-state index contributed by atoms with van der Waals surface area (Å²) >= 11 is 0. The van der Waals surface area contributed by atoms with Crippen LogP contribution in [0.2, 0.25) is 0 Å². The molecule has 1 aliphatic carbocycles. The first-order valence-electron chi connectivity index (χ1n) is 9.29. The Hall–Kier alpha value is -1.88. The van der Waals surface area contributed by atoms with Crippen LogP contribution in [-0.4, -0.2) is 23.3 Å². The number of carbonyl (C=O) groups is 1. The molecule has 1 fully saturated rings. The number of fused-ring (bicyclic) bond motifs is 1. The van der Waals surface area contributed by atoms with Crippen LogP contribution in [0.1, 0.15) is 44.7 Å². The Kier molecular flexibility index (Phi) is 5.11. The second kappa shape index (κ2) is 7.03. The standard InChI is InChI=1S/C21H27FO4/c1-5-12(2)16-10-21(20(9-19(16)24)25-11-26-21)14(4)7-15-8-18(23)13(3)6-17(15)22/h6,8-9,12,14,16,23H,5,7,10-11H2,1-4H3/t12?,14-,16+,21+/m0/s1. The first-order valence-corrected chi connectivity index (χ1v) is 9.29. The summed E-state index contributed by atoms with van der Waals surface area (Å²) in [5.74, 6) is 0.415. The number of ether oxygens (including phenoxy) is 2. The van der Waals surface area contributed by atoms with Crippen molar-refractivity contribution < 1.29 is 23.8 Å². The minimum Gasteiger partial charge on any atom is -0.508 e. The van der Waals surface area contributed by atoms with E-state index in [0.717, 1.165) is 6.42 Å².